The molecule has 6 nitrogen and oxygen atoms in total. The molecule has 1 aromatic heterocycles. The van der Waals surface area contributed by atoms with Crippen molar-refractivity contribution in [3.05, 3.63) is 51.8 Å². The molecule has 84 valence electrons. The van der Waals surface area contributed by atoms with Crippen molar-refractivity contribution in [2.24, 2.45) is 0 Å². The van der Waals surface area contributed by atoms with E-state index in [0.717, 1.165) is 5.69 Å². The maximum absolute atomic E-state index is 10.7. The Bertz CT molecular complexity index is 625. The first-order valence-electron chi connectivity index (χ1n) is 4.83. The Morgan fingerprint density at radius 2 is 2.24 bits per heavy atom. The molecule has 0 bridgehead atoms. The quantitative estimate of drug-likeness (QED) is 0.580. The van der Waals surface area contributed by atoms with Crippen molar-refractivity contribution in [2.75, 3.05) is 0 Å². The molecule has 2 rings (SSSR count). The van der Waals surface area contributed by atoms with Crippen molar-refractivity contribution in [3.8, 4) is 11.8 Å². The maximum Gasteiger partial charge on any atom is 0.287 e. The summed E-state index contributed by atoms with van der Waals surface area (Å²) in [6.07, 6.45) is 1.73. The molecule has 0 saturated heterocycles. The van der Waals surface area contributed by atoms with E-state index in [9.17, 15) is 10.1 Å². The van der Waals surface area contributed by atoms with Crippen LogP contribution in [0.25, 0.3) is 5.69 Å². The number of aromatic nitrogens is 2. The second kappa shape index (κ2) is 4.06. The first-order valence-corrected chi connectivity index (χ1v) is 4.83. The van der Waals surface area contributed by atoms with Crippen LogP contribution < -0.4 is 0 Å². The van der Waals surface area contributed by atoms with E-state index >= 15 is 0 Å². The van der Waals surface area contributed by atoms with E-state index < -0.39 is 4.92 Å². The Hall–Kier alpha value is -2.68. The minimum absolute atomic E-state index is 0.0284. The van der Waals surface area contributed by atoms with Gasteiger partial charge >= 0.3 is 0 Å². The van der Waals surface area contributed by atoms with Crippen molar-refractivity contribution in [1.82, 2.24) is 9.78 Å². The second-order valence-electron chi connectivity index (χ2n) is 3.47. The van der Waals surface area contributed by atoms with Crippen molar-refractivity contribution in [3.63, 3.8) is 0 Å². The number of aryl methyl sites for hydroxylation is 1. The van der Waals surface area contributed by atoms with Crippen LogP contribution in [0.15, 0.2) is 30.5 Å². The van der Waals surface area contributed by atoms with Gasteiger partial charge in [-0.15, -0.1) is 0 Å². The molecule has 0 aliphatic rings. The smallest absolute Gasteiger partial charge is 0.258 e. The highest BCUT2D eigenvalue weighted by molar-refractivity contribution is 5.54. The summed E-state index contributed by atoms with van der Waals surface area (Å²) >= 11 is 0. The fourth-order valence-electron chi connectivity index (χ4n) is 1.47. The van der Waals surface area contributed by atoms with Crippen LogP contribution in [-0.4, -0.2) is 14.7 Å². The number of hydrogen-bond donors (Lipinski definition) is 0. The number of nitrogens with zero attached hydrogens (tertiary/aromatic N) is 4. The molecule has 0 fully saturated rings. The summed E-state index contributed by atoms with van der Waals surface area (Å²) in [5.74, 6) is 0. The van der Waals surface area contributed by atoms with E-state index in [1.54, 1.807) is 16.9 Å². The SMILES string of the molecule is Cc1ccn(-c2ccc([N+](=O)[O-])c(C#N)c2)n1. The largest absolute Gasteiger partial charge is 0.287 e. The number of rotatable bonds is 2. The molecule has 0 aliphatic carbocycles. The number of nitriles is 1. The molecule has 0 amide bonds. The second-order valence-corrected chi connectivity index (χ2v) is 3.47. The van der Waals surface area contributed by atoms with Crippen LogP contribution >= 0.6 is 0 Å². The van der Waals surface area contributed by atoms with Crippen LogP contribution in [-0.2, 0) is 0 Å². The fourth-order valence-corrected chi connectivity index (χ4v) is 1.47. The fraction of sp³-hybridized carbons (Fsp3) is 0.0909. The summed E-state index contributed by atoms with van der Waals surface area (Å²) in [6, 6.07) is 7.94. The Kier molecular flexibility index (Phi) is 2.58. The zero-order chi connectivity index (χ0) is 12.4. The first-order chi connectivity index (χ1) is 8.11. The van der Waals surface area contributed by atoms with Crippen molar-refractivity contribution in [1.29, 1.82) is 5.26 Å². The third-order valence-electron chi connectivity index (χ3n) is 2.28. The molecule has 0 aliphatic heterocycles. The average molecular weight is 228 g/mol. The van der Waals surface area contributed by atoms with Gasteiger partial charge in [0.2, 0.25) is 0 Å². The van der Waals surface area contributed by atoms with Gasteiger partial charge in [0.15, 0.2) is 0 Å². The number of nitro benzene ring substituents is 1. The number of hydrogen-bond acceptors (Lipinski definition) is 4. The van der Waals surface area contributed by atoms with Crippen LogP contribution in [0.2, 0.25) is 0 Å². The molecule has 2 aromatic rings. The molecule has 1 heterocycles. The standard InChI is InChI=1S/C11H8N4O2/c1-8-4-5-14(13-8)10-2-3-11(15(16)17)9(6-10)7-12/h2-6H,1H3. The van der Waals surface area contributed by atoms with Crippen molar-refractivity contribution < 1.29 is 4.92 Å². The molecule has 6 heteroatoms. The minimum atomic E-state index is -0.573. The molecule has 0 N–H and O–H groups in total. The van der Waals surface area contributed by atoms with Gasteiger partial charge in [-0.25, -0.2) is 4.68 Å². The lowest BCUT2D eigenvalue weighted by Crippen LogP contribution is -1.98. The topological polar surface area (TPSA) is 84.7 Å². The Morgan fingerprint density at radius 1 is 1.47 bits per heavy atom. The summed E-state index contributed by atoms with van der Waals surface area (Å²) < 4.78 is 1.57. The van der Waals surface area contributed by atoms with Gasteiger partial charge in [0.1, 0.15) is 11.6 Å². The molecule has 0 spiro atoms. The summed E-state index contributed by atoms with van der Waals surface area (Å²) in [5.41, 5.74) is 1.29. The van der Waals surface area contributed by atoms with E-state index in [0.29, 0.717) is 5.69 Å². The monoisotopic (exact) mass is 228 g/mol. The summed E-state index contributed by atoms with van der Waals surface area (Å²) in [4.78, 5) is 10.1. The van der Waals surface area contributed by atoms with E-state index in [-0.39, 0.29) is 11.3 Å². The van der Waals surface area contributed by atoms with Crippen LogP contribution in [0, 0.1) is 28.4 Å². The third-order valence-corrected chi connectivity index (χ3v) is 2.28. The zero-order valence-electron chi connectivity index (χ0n) is 8.99. The van der Waals surface area contributed by atoms with Gasteiger partial charge in [-0.05, 0) is 25.1 Å². The van der Waals surface area contributed by atoms with Crippen LogP contribution in [0.1, 0.15) is 11.3 Å². The number of benzene rings is 1. The van der Waals surface area contributed by atoms with Crippen LogP contribution in [0.3, 0.4) is 0 Å². The number of nitro groups is 1. The van der Waals surface area contributed by atoms with Crippen LogP contribution in [0.5, 0.6) is 0 Å². The first kappa shape index (κ1) is 10.8. The predicted octanol–water partition coefficient (Wildman–Crippen LogP) is 1.96. The zero-order valence-corrected chi connectivity index (χ0v) is 8.99. The molecule has 0 atom stereocenters. The normalized spacial score (nSPS) is 9.88. The molecule has 1 aromatic carbocycles. The molecular formula is C11H8N4O2. The van der Waals surface area contributed by atoms with Gasteiger partial charge < -0.3 is 0 Å². The predicted molar refractivity (Wildman–Crippen MR) is 59.7 cm³/mol. The molecule has 0 radical (unpaired) electrons. The highest BCUT2D eigenvalue weighted by atomic mass is 16.6. The third kappa shape index (κ3) is 1.99. The average Bonchev–Trinajstić information content (AvgIpc) is 2.75. The van der Waals surface area contributed by atoms with E-state index in [1.165, 1.54) is 12.1 Å². The maximum atomic E-state index is 10.7. The molecule has 17 heavy (non-hydrogen) atoms. The highest BCUT2D eigenvalue weighted by Gasteiger charge is 2.14. The van der Waals surface area contributed by atoms with Crippen molar-refractivity contribution >= 4 is 5.69 Å². The minimum Gasteiger partial charge on any atom is -0.258 e. The van der Waals surface area contributed by atoms with Gasteiger partial charge in [0.05, 0.1) is 16.3 Å². The van der Waals surface area contributed by atoms with Gasteiger partial charge in [-0.3, -0.25) is 10.1 Å². The van der Waals surface area contributed by atoms with Gasteiger partial charge in [-0.1, -0.05) is 0 Å². The highest BCUT2D eigenvalue weighted by Crippen LogP contribution is 2.20. The van der Waals surface area contributed by atoms with E-state index in [2.05, 4.69) is 5.10 Å². The molecular weight excluding hydrogens is 220 g/mol. The van der Waals surface area contributed by atoms with E-state index in [1.807, 2.05) is 19.1 Å². The lowest BCUT2D eigenvalue weighted by molar-refractivity contribution is -0.385. The lowest BCUT2D eigenvalue weighted by atomic mass is 10.2. The molecule has 0 unspecified atom stereocenters. The van der Waals surface area contributed by atoms with Crippen LogP contribution in [0.4, 0.5) is 5.69 Å². The van der Waals surface area contributed by atoms with Gasteiger partial charge in [0.25, 0.3) is 5.69 Å². The van der Waals surface area contributed by atoms with E-state index in [4.69, 9.17) is 5.26 Å². The summed E-state index contributed by atoms with van der Waals surface area (Å²) in [7, 11) is 0. The summed E-state index contributed by atoms with van der Waals surface area (Å²) in [6.45, 7) is 1.84. The van der Waals surface area contributed by atoms with Gasteiger partial charge in [0, 0.05) is 12.3 Å². The summed E-state index contributed by atoms with van der Waals surface area (Å²) in [5, 5.41) is 23.7. The Labute approximate surface area is 96.9 Å². The van der Waals surface area contributed by atoms with Crippen molar-refractivity contribution in [2.45, 2.75) is 6.92 Å². The lowest BCUT2D eigenvalue weighted by Gasteiger charge is -2.01. The Balaban J connectivity index is 2.53. The Morgan fingerprint density at radius 3 is 2.76 bits per heavy atom. The molecule has 0 saturated carbocycles. The van der Waals surface area contributed by atoms with Gasteiger partial charge in [-0.2, -0.15) is 10.4 Å².